The van der Waals surface area contributed by atoms with E-state index in [-0.39, 0.29) is 6.61 Å². The summed E-state index contributed by atoms with van der Waals surface area (Å²) in [5.41, 5.74) is 4.54. The number of benzene rings is 2. The third-order valence-corrected chi connectivity index (χ3v) is 3.85. The summed E-state index contributed by atoms with van der Waals surface area (Å²) in [5.74, 6) is 0.844. The Morgan fingerprint density at radius 1 is 1.05 bits per heavy atom. The molecule has 21 heavy (non-hydrogen) atoms. The van der Waals surface area contributed by atoms with Gasteiger partial charge in [-0.25, -0.2) is 0 Å². The van der Waals surface area contributed by atoms with Crippen molar-refractivity contribution in [3.8, 4) is 5.75 Å². The number of hydrogen-bond donors (Lipinski definition) is 1. The highest BCUT2D eigenvalue weighted by Crippen LogP contribution is 2.22. The van der Waals surface area contributed by atoms with Gasteiger partial charge in [0, 0.05) is 0 Å². The Balaban J connectivity index is 1.98. The van der Waals surface area contributed by atoms with Crippen molar-refractivity contribution in [2.75, 3.05) is 6.61 Å². The molecule has 2 aromatic carbocycles. The number of hydrogen-bond acceptors (Lipinski definition) is 2. The lowest BCUT2D eigenvalue weighted by molar-refractivity contribution is 0.108. The van der Waals surface area contributed by atoms with Gasteiger partial charge in [-0.3, -0.25) is 0 Å². The van der Waals surface area contributed by atoms with E-state index in [0.717, 1.165) is 29.7 Å². The van der Waals surface area contributed by atoms with Crippen molar-refractivity contribution in [3.05, 3.63) is 64.7 Å². The summed E-state index contributed by atoms with van der Waals surface area (Å²) in [7, 11) is 0. The predicted octanol–water partition coefficient (Wildman–Crippen LogP) is 4.37. The van der Waals surface area contributed by atoms with Crippen LogP contribution in [-0.2, 0) is 6.42 Å². The summed E-state index contributed by atoms with van der Waals surface area (Å²) in [5, 5.41) is 10.2. The Kier molecular flexibility index (Phi) is 5.40. The van der Waals surface area contributed by atoms with E-state index < -0.39 is 6.10 Å². The number of aryl methyl sites for hydroxylation is 2. The Labute approximate surface area is 127 Å². The van der Waals surface area contributed by atoms with Crippen molar-refractivity contribution in [1.82, 2.24) is 0 Å². The zero-order valence-electron chi connectivity index (χ0n) is 13.1. The lowest BCUT2D eigenvalue weighted by atomic mass is 10.0. The van der Waals surface area contributed by atoms with Gasteiger partial charge in [-0.1, -0.05) is 49.7 Å². The second-order valence-corrected chi connectivity index (χ2v) is 5.52. The van der Waals surface area contributed by atoms with Crippen molar-refractivity contribution < 1.29 is 9.84 Å². The molecule has 1 N–H and O–H groups in total. The average molecular weight is 284 g/mol. The molecule has 2 rings (SSSR count). The minimum absolute atomic E-state index is 0.275. The van der Waals surface area contributed by atoms with E-state index in [2.05, 4.69) is 32.0 Å². The maximum atomic E-state index is 10.2. The largest absolute Gasteiger partial charge is 0.490 e. The van der Waals surface area contributed by atoms with Crippen LogP contribution in [0.15, 0.2) is 42.5 Å². The average Bonchev–Trinajstić information content (AvgIpc) is 2.49. The van der Waals surface area contributed by atoms with E-state index >= 15 is 0 Å². The van der Waals surface area contributed by atoms with Crippen molar-refractivity contribution in [3.63, 3.8) is 0 Å². The van der Waals surface area contributed by atoms with E-state index in [0.29, 0.717) is 0 Å². The molecule has 0 spiro atoms. The molecule has 0 radical (unpaired) electrons. The molecule has 0 aliphatic carbocycles. The second kappa shape index (κ2) is 7.28. The molecule has 0 heterocycles. The van der Waals surface area contributed by atoms with Crippen LogP contribution in [0.5, 0.6) is 5.75 Å². The molecule has 0 bridgehead atoms. The first kappa shape index (κ1) is 15.6. The maximum Gasteiger partial charge on any atom is 0.122 e. The molecule has 0 aliphatic rings. The lowest BCUT2D eigenvalue weighted by Gasteiger charge is -2.15. The molecule has 2 aromatic rings. The molecule has 112 valence electrons. The van der Waals surface area contributed by atoms with Crippen LogP contribution in [0.2, 0.25) is 0 Å². The molecule has 0 saturated heterocycles. The van der Waals surface area contributed by atoms with Crippen LogP contribution in [0.25, 0.3) is 0 Å². The smallest absolute Gasteiger partial charge is 0.122 e. The predicted molar refractivity (Wildman–Crippen MR) is 86.8 cm³/mol. The van der Waals surface area contributed by atoms with E-state index in [1.807, 2.05) is 31.2 Å². The molecule has 2 nitrogen and oxygen atoms in total. The Morgan fingerprint density at radius 2 is 1.76 bits per heavy atom. The summed E-state index contributed by atoms with van der Waals surface area (Å²) >= 11 is 0. The Hall–Kier alpha value is -1.80. The van der Waals surface area contributed by atoms with Gasteiger partial charge >= 0.3 is 0 Å². The fraction of sp³-hybridized carbons (Fsp3) is 0.368. The topological polar surface area (TPSA) is 29.5 Å². The van der Waals surface area contributed by atoms with Gasteiger partial charge in [0.05, 0.1) is 0 Å². The molecule has 2 heteroatoms. The van der Waals surface area contributed by atoms with Gasteiger partial charge in [0.15, 0.2) is 0 Å². The summed E-state index contributed by atoms with van der Waals surface area (Å²) in [6.45, 7) is 6.54. The van der Waals surface area contributed by atoms with Gasteiger partial charge in [-0.15, -0.1) is 0 Å². The first-order chi connectivity index (χ1) is 10.1. The summed E-state index contributed by atoms with van der Waals surface area (Å²) in [4.78, 5) is 0. The second-order valence-electron chi connectivity index (χ2n) is 5.52. The van der Waals surface area contributed by atoms with Gasteiger partial charge in [-0.05, 0) is 48.6 Å². The van der Waals surface area contributed by atoms with Crippen LogP contribution in [0, 0.1) is 13.8 Å². The van der Waals surface area contributed by atoms with Crippen LogP contribution in [0.3, 0.4) is 0 Å². The maximum absolute atomic E-state index is 10.2. The number of ether oxygens (including phenoxy) is 1. The van der Waals surface area contributed by atoms with Crippen molar-refractivity contribution in [1.29, 1.82) is 0 Å². The van der Waals surface area contributed by atoms with Crippen molar-refractivity contribution >= 4 is 0 Å². The monoisotopic (exact) mass is 284 g/mol. The molecular weight excluding hydrogens is 260 g/mol. The van der Waals surface area contributed by atoms with Gasteiger partial charge < -0.3 is 9.84 Å². The zero-order valence-corrected chi connectivity index (χ0v) is 13.1. The fourth-order valence-electron chi connectivity index (χ4n) is 2.34. The van der Waals surface area contributed by atoms with Crippen molar-refractivity contribution in [2.45, 2.75) is 39.7 Å². The summed E-state index contributed by atoms with van der Waals surface area (Å²) < 4.78 is 5.76. The Morgan fingerprint density at radius 3 is 2.43 bits per heavy atom. The van der Waals surface area contributed by atoms with Gasteiger partial charge in [0.1, 0.15) is 18.5 Å². The molecule has 1 unspecified atom stereocenters. The van der Waals surface area contributed by atoms with E-state index in [1.165, 1.54) is 11.1 Å². The molecule has 0 aliphatic heterocycles. The molecular formula is C19H24O2. The SMILES string of the molecule is CCCc1ccc(C(O)COc2cccc(C)c2C)cc1. The van der Waals surface area contributed by atoms with Gasteiger partial charge in [-0.2, -0.15) is 0 Å². The molecule has 0 aromatic heterocycles. The van der Waals surface area contributed by atoms with Crippen molar-refractivity contribution in [2.24, 2.45) is 0 Å². The van der Waals surface area contributed by atoms with Crippen LogP contribution in [-0.4, -0.2) is 11.7 Å². The van der Waals surface area contributed by atoms with E-state index in [4.69, 9.17) is 4.74 Å². The molecule has 1 atom stereocenters. The molecule has 0 saturated carbocycles. The first-order valence-corrected chi connectivity index (χ1v) is 7.57. The van der Waals surface area contributed by atoms with Crippen LogP contribution in [0.1, 0.15) is 41.7 Å². The third-order valence-electron chi connectivity index (χ3n) is 3.85. The number of rotatable bonds is 6. The number of aliphatic hydroxyl groups is 1. The summed E-state index contributed by atoms with van der Waals surface area (Å²) in [6, 6.07) is 14.1. The third kappa shape index (κ3) is 4.08. The normalized spacial score (nSPS) is 12.2. The van der Waals surface area contributed by atoms with Gasteiger partial charge in [0.2, 0.25) is 0 Å². The highest BCUT2D eigenvalue weighted by molar-refractivity contribution is 5.38. The number of aliphatic hydroxyl groups excluding tert-OH is 1. The Bertz CT molecular complexity index is 573. The molecule has 0 fully saturated rings. The lowest BCUT2D eigenvalue weighted by Crippen LogP contribution is -2.10. The minimum atomic E-state index is -0.597. The van der Waals surface area contributed by atoms with Crippen LogP contribution in [0.4, 0.5) is 0 Å². The highest BCUT2D eigenvalue weighted by Gasteiger charge is 2.10. The summed E-state index contributed by atoms with van der Waals surface area (Å²) in [6.07, 6.45) is 1.62. The van der Waals surface area contributed by atoms with E-state index in [9.17, 15) is 5.11 Å². The van der Waals surface area contributed by atoms with Crippen LogP contribution < -0.4 is 4.74 Å². The fourth-order valence-corrected chi connectivity index (χ4v) is 2.34. The minimum Gasteiger partial charge on any atom is -0.490 e. The van der Waals surface area contributed by atoms with E-state index in [1.54, 1.807) is 0 Å². The van der Waals surface area contributed by atoms with Crippen LogP contribution >= 0.6 is 0 Å². The van der Waals surface area contributed by atoms with Gasteiger partial charge in [0.25, 0.3) is 0 Å². The molecule has 0 amide bonds. The first-order valence-electron chi connectivity index (χ1n) is 7.57. The highest BCUT2D eigenvalue weighted by atomic mass is 16.5. The quantitative estimate of drug-likeness (QED) is 0.853. The standard InChI is InChI=1S/C19H24O2/c1-4-6-16-9-11-17(12-10-16)18(20)13-21-19-8-5-7-14(2)15(19)3/h5,7-12,18,20H,4,6,13H2,1-3H3. The zero-order chi connectivity index (χ0) is 15.2.